The molecule has 4 nitrogen and oxygen atoms in total. The highest BCUT2D eigenvalue weighted by atomic mass is 16.3. The Hall–Kier alpha value is -3.92. The predicted octanol–water partition coefficient (Wildman–Crippen LogP) is 5.64. The number of phenolic OH excluding ortho intramolecular Hbond substituents is 2. The van der Waals surface area contributed by atoms with E-state index >= 15 is 0 Å². The Kier molecular flexibility index (Phi) is 3.49. The Morgan fingerprint density at radius 3 is 1.35 bits per heavy atom. The first kappa shape index (κ1) is 17.9. The fourth-order valence-electron chi connectivity index (χ4n) is 5.62. The smallest absolute Gasteiger partial charge is 0.122 e. The third-order valence-corrected chi connectivity index (χ3v) is 6.85. The van der Waals surface area contributed by atoms with E-state index in [4.69, 9.17) is 0 Å². The van der Waals surface area contributed by atoms with Crippen molar-refractivity contribution < 1.29 is 10.2 Å². The van der Waals surface area contributed by atoms with Crippen LogP contribution in [0.2, 0.25) is 0 Å². The molecule has 0 atom stereocenters. The van der Waals surface area contributed by atoms with E-state index in [1.807, 2.05) is 62.6 Å². The van der Waals surface area contributed by atoms with Gasteiger partial charge in [-0.1, -0.05) is 48.5 Å². The molecule has 2 N–H and O–H groups in total. The molecule has 4 heteroatoms. The highest BCUT2D eigenvalue weighted by molar-refractivity contribution is 5.93. The molecule has 2 heterocycles. The Morgan fingerprint density at radius 1 is 0.516 bits per heavy atom. The molecule has 0 saturated carbocycles. The van der Waals surface area contributed by atoms with Crippen molar-refractivity contribution in [2.45, 2.75) is 5.41 Å². The highest BCUT2D eigenvalue weighted by Crippen LogP contribution is 2.64. The minimum absolute atomic E-state index is 0.215. The summed E-state index contributed by atoms with van der Waals surface area (Å²) in [6.45, 7) is 0. The minimum Gasteiger partial charge on any atom is -0.508 e. The maximum Gasteiger partial charge on any atom is 0.122 e. The maximum absolute atomic E-state index is 11.3. The molecule has 0 radical (unpaired) electrons. The largest absolute Gasteiger partial charge is 0.508 e. The van der Waals surface area contributed by atoms with Crippen LogP contribution in [0, 0.1) is 0 Å². The summed E-state index contributed by atoms with van der Waals surface area (Å²) < 4.78 is 0. The fourth-order valence-corrected chi connectivity index (χ4v) is 5.62. The molecule has 31 heavy (non-hydrogen) atoms. The number of fused-ring (bicyclic) bond motifs is 8. The summed E-state index contributed by atoms with van der Waals surface area (Å²) in [5.41, 5.74) is 6.75. The molecule has 2 aliphatic heterocycles. The van der Waals surface area contributed by atoms with Crippen LogP contribution >= 0.6 is 0 Å². The lowest BCUT2D eigenvalue weighted by Gasteiger charge is -2.50. The summed E-state index contributed by atoms with van der Waals surface area (Å²) in [4.78, 5) is 4.24. The minimum atomic E-state index is -0.854. The molecule has 0 fully saturated rings. The zero-order chi connectivity index (χ0) is 21.3. The van der Waals surface area contributed by atoms with E-state index in [-0.39, 0.29) is 11.5 Å². The second-order valence-corrected chi connectivity index (χ2v) is 8.24. The third-order valence-electron chi connectivity index (χ3n) is 6.85. The number of aromatic hydroxyl groups is 2. The summed E-state index contributed by atoms with van der Waals surface area (Å²) in [6.07, 6.45) is 0. The van der Waals surface area contributed by atoms with Crippen LogP contribution in [-0.2, 0) is 5.41 Å². The van der Waals surface area contributed by atoms with Crippen LogP contribution in [0.5, 0.6) is 11.5 Å². The van der Waals surface area contributed by atoms with Gasteiger partial charge in [0.15, 0.2) is 0 Å². The molecule has 152 valence electrons. The van der Waals surface area contributed by atoms with Crippen molar-refractivity contribution in [3.63, 3.8) is 0 Å². The zero-order valence-corrected chi connectivity index (χ0v) is 17.4. The van der Waals surface area contributed by atoms with Crippen molar-refractivity contribution in [2.24, 2.45) is 0 Å². The number of benzene rings is 4. The Bertz CT molecular complexity index is 1260. The van der Waals surface area contributed by atoms with Crippen molar-refractivity contribution in [3.05, 3.63) is 107 Å². The van der Waals surface area contributed by atoms with Gasteiger partial charge in [0.05, 0.1) is 5.41 Å². The van der Waals surface area contributed by atoms with Gasteiger partial charge in [-0.3, -0.25) is 0 Å². The Labute approximate surface area is 181 Å². The summed E-state index contributed by atoms with van der Waals surface area (Å²) in [5, 5.41) is 22.6. The summed E-state index contributed by atoms with van der Waals surface area (Å²) in [7, 11) is 4.05. The SMILES string of the molecule is CN1c2ccccc2C2(c3ccccc3N(C)c3cccc(O)c32)c2c(O)cccc21. The first-order chi connectivity index (χ1) is 15.1. The summed E-state index contributed by atoms with van der Waals surface area (Å²) in [6, 6.07) is 27.8. The van der Waals surface area contributed by atoms with Gasteiger partial charge in [0.1, 0.15) is 11.5 Å². The number of hydrogen-bond donors (Lipinski definition) is 2. The van der Waals surface area contributed by atoms with Crippen LogP contribution in [0.25, 0.3) is 0 Å². The van der Waals surface area contributed by atoms with Crippen LogP contribution in [0.15, 0.2) is 84.9 Å². The standard InChI is InChI=1S/C27H22N2O2/c1-28-19-11-5-3-9-17(19)27(25-21(28)13-7-15-23(25)30)18-10-4-6-12-20(18)29(2)22-14-8-16-24(31)26(22)27/h3-16,30-31H,1-2H3. The molecule has 2 aliphatic rings. The maximum atomic E-state index is 11.3. The normalized spacial score (nSPS) is 15.2. The van der Waals surface area contributed by atoms with E-state index in [1.54, 1.807) is 12.1 Å². The molecule has 0 aliphatic carbocycles. The third kappa shape index (κ3) is 2.04. The van der Waals surface area contributed by atoms with Crippen molar-refractivity contribution in [1.29, 1.82) is 0 Å². The van der Waals surface area contributed by atoms with Crippen molar-refractivity contribution in [1.82, 2.24) is 0 Å². The number of para-hydroxylation sites is 2. The fraction of sp³-hybridized carbons (Fsp3) is 0.111. The highest BCUT2D eigenvalue weighted by Gasteiger charge is 2.53. The van der Waals surface area contributed by atoms with Gasteiger partial charge < -0.3 is 20.0 Å². The number of anilines is 4. The topological polar surface area (TPSA) is 46.9 Å². The average Bonchev–Trinajstić information content (AvgIpc) is 2.80. The van der Waals surface area contributed by atoms with Gasteiger partial charge in [-0.05, 0) is 47.5 Å². The molecule has 6 rings (SSSR count). The van der Waals surface area contributed by atoms with E-state index in [0.29, 0.717) is 0 Å². The molecule has 0 aromatic heterocycles. The molecular formula is C27H22N2O2. The van der Waals surface area contributed by atoms with E-state index in [1.165, 1.54) is 0 Å². The molecule has 1 spiro atoms. The van der Waals surface area contributed by atoms with Gasteiger partial charge in [0.25, 0.3) is 0 Å². The number of hydrogen-bond acceptors (Lipinski definition) is 4. The zero-order valence-electron chi connectivity index (χ0n) is 17.4. The Balaban J connectivity index is 1.92. The molecule has 0 unspecified atom stereocenters. The predicted molar refractivity (Wildman–Crippen MR) is 124 cm³/mol. The van der Waals surface area contributed by atoms with Gasteiger partial charge in [-0.2, -0.15) is 0 Å². The molecule has 0 bridgehead atoms. The Morgan fingerprint density at radius 2 is 0.903 bits per heavy atom. The monoisotopic (exact) mass is 406 g/mol. The lowest BCUT2D eigenvalue weighted by molar-refractivity contribution is 0.445. The molecular weight excluding hydrogens is 384 g/mol. The molecule has 4 aromatic rings. The van der Waals surface area contributed by atoms with Crippen LogP contribution in [0.4, 0.5) is 22.7 Å². The number of phenols is 2. The van der Waals surface area contributed by atoms with E-state index in [9.17, 15) is 10.2 Å². The van der Waals surface area contributed by atoms with Crippen LogP contribution < -0.4 is 9.80 Å². The summed E-state index contributed by atoms with van der Waals surface area (Å²) in [5.74, 6) is 0.430. The van der Waals surface area contributed by atoms with Crippen molar-refractivity contribution in [2.75, 3.05) is 23.9 Å². The molecule has 0 saturated heterocycles. The second kappa shape index (κ2) is 6.05. The quantitative estimate of drug-likeness (QED) is 0.397. The van der Waals surface area contributed by atoms with Crippen molar-refractivity contribution >= 4 is 22.7 Å². The van der Waals surface area contributed by atoms with Crippen LogP contribution in [0.3, 0.4) is 0 Å². The first-order valence-electron chi connectivity index (χ1n) is 10.4. The van der Waals surface area contributed by atoms with Gasteiger partial charge >= 0.3 is 0 Å². The van der Waals surface area contributed by atoms with Crippen molar-refractivity contribution in [3.8, 4) is 11.5 Å². The van der Waals surface area contributed by atoms with E-state index < -0.39 is 5.41 Å². The summed E-state index contributed by atoms with van der Waals surface area (Å²) >= 11 is 0. The average molecular weight is 406 g/mol. The molecule has 0 amide bonds. The van der Waals surface area contributed by atoms with E-state index in [2.05, 4.69) is 34.1 Å². The number of nitrogens with zero attached hydrogens (tertiary/aromatic N) is 2. The molecule has 4 aromatic carbocycles. The van der Waals surface area contributed by atoms with Gasteiger partial charge in [0, 0.05) is 48.0 Å². The first-order valence-corrected chi connectivity index (χ1v) is 10.4. The van der Waals surface area contributed by atoms with Crippen LogP contribution in [-0.4, -0.2) is 24.3 Å². The lowest BCUT2D eigenvalue weighted by atomic mass is 9.59. The van der Waals surface area contributed by atoms with Crippen LogP contribution in [0.1, 0.15) is 22.3 Å². The second-order valence-electron chi connectivity index (χ2n) is 8.24. The van der Waals surface area contributed by atoms with Gasteiger partial charge in [0.2, 0.25) is 0 Å². The van der Waals surface area contributed by atoms with Gasteiger partial charge in [-0.15, -0.1) is 0 Å². The van der Waals surface area contributed by atoms with E-state index in [0.717, 1.165) is 45.0 Å². The lowest BCUT2D eigenvalue weighted by Crippen LogP contribution is -2.42. The number of rotatable bonds is 0. The van der Waals surface area contributed by atoms with Gasteiger partial charge in [-0.25, -0.2) is 0 Å².